The van der Waals surface area contributed by atoms with Gasteiger partial charge in [0.25, 0.3) is 0 Å². The summed E-state index contributed by atoms with van der Waals surface area (Å²) in [6.07, 6.45) is 0.932. The van der Waals surface area contributed by atoms with Crippen LogP contribution in [0.3, 0.4) is 0 Å². The average molecular weight is 499 g/mol. The number of benzene rings is 1. The van der Waals surface area contributed by atoms with Gasteiger partial charge in [-0.3, -0.25) is 4.99 Å². The minimum absolute atomic E-state index is 0. The Bertz CT molecular complexity index is 754. The zero-order chi connectivity index (χ0) is 20.1. The second kappa shape index (κ2) is 10.2. The summed E-state index contributed by atoms with van der Waals surface area (Å²) < 4.78 is 5.31. The molecular weight excluding hydrogens is 465 g/mol. The molecule has 0 bridgehead atoms. The molecule has 0 aliphatic rings. The molecular formula is C21H34IN5O. The first-order valence-electron chi connectivity index (χ1n) is 9.46. The minimum Gasteiger partial charge on any atom is -0.356 e. The fourth-order valence-electron chi connectivity index (χ4n) is 2.51. The van der Waals surface area contributed by atoms with Crippen LogP contribution in [0.1, 0.15) is 64.4 Å². The highest BCUT2D eigenvalue weighted by Crippen LogP contribution is 2.22. The van der Waals surface area contributed by atoms with Gasteiger partial charge in [0.15, 0.2) is 11.8 Å². The summed E-state index contributed by atoms with van der Waals surface area (Å²) in [6, 6.07) is 8.83. The summed E-state index contributed by atoms with van der Waals surface area (Å²) in [7, 11) is 1.75. The number of guanidine groups is 1. The molecule has 28 heavy (non-hydrogen) atoms. The Morgan fingerprint density at radius 2 is 1.64 bits per heavy atom. The van der Waals surface area contributed by atoms with Crippen molar-refractivity contribution in [2.45, 2.75) is 65.3 Å². The molecule has 0 spiro atoms. The standard InChI is InChI=1S/C21H33N5O.HI/c1-20(2,3)16-10-8-15(9-11-16)12-13-23-19(22-7)24-14-17-25-18(27-26-17)21(4,5)6;/h8-11H,12-14H2,1-7H3,(H2,22,23,24);1H. The van der Waals surface area contributed by atoms with Crippen LogP contribution in [0.25, 0.3) is 0 Å². The van der Waals surface area contributed by atoms with Crippen LogP contribution in [0.5, 0.6) is 0 Å². The molecule has 0 aliphatic heterocycles. The third-order valence-electron chi connectivity index (χ3n) is 4.27. The lowest BCUT2D eigenvalue weighted by Crippen LogP contribution is -2.38. The van der Waals surface area contributed by atoms with Gasteiger partial charge in [0.2, 0.25) is 5.89 Å². The van der Waals surface area contributed by atoms with Gasteiger partial charge >= 0.3 is 0 Å². The van der Waals surface area contributed by atoms with E-state index in [9.17, 15) is 0 Å². The van der Waals surface area contributed by atoms with E-state index in [1.165, 1.54) is 11.1 Å². The normalized spacial score (nSPS) is 12.5. The van der Waals surface area contributed by atoms with Crippen molar-refractivity contribution in [1.82, 2.24) is 20.8 Å². The SMILES string of the molecule is CN=C(NCCc1ccc(C(C)(C)C)cc1)NCc1noc(C(C)(C)C)n1.I. The lowest BCUT2D eigenvalue weighted by Gasteiger charge is -2.19. The number of hydrogen-bond acceptors (Lipinski definition) is 4. The summed E-state index contributed by atoms with van der Waals surface area (Å²) >= 11 is 0. The number of nitrogens with zero attached hydrogens (tertiary/aromatic N) is 3. The fourth-order valence-corrected chi connectivity index (χ4v) is 2.51. The summed E-state index contributed by atoms with van der Waals surface area (Å²) in [5, 5.41) is 10.6. The first kappa shape index (κ1) is 24.4. The van der Waals surface area contributed by atoms with Crippen molar-refractivity contribution in [3.63, 3.8) is 0 Å². The van der Waals surface area contributed by atoms with E-state index >= 15 is 0 Å². The Balaban J connectivity index is 0.00000392. The zero-order valence-electron chi connectivity index (χ0n) is 18.1. The van der Waals surface area contributed by atoms with Gasteiger partial charge in [-0.2, -0.15) is 4.98 Å². The third-order valence-corrected chi connectivity index (χ3v) is 4.27. The second-order valence-corrected chi connectivity index (χ2v) is 8.82. The quantitative estimate of drug-likeness (QED) is 0.367. The van der Waals surface area contributed by atoms with Gasteiger partial charge in [-0.1, -0.05) is 71.0 Å². The Morgan fingerprint density at radius 3 is 2.14 bits per heavy atom. The summed E-state index contributed by atoms with van der Waals surface area (Å²) in [4.78, 5) is 8.67. The first-order chi connectivity index (χ1) is 12.6. The molecule has 7 heteroatoms. The third kappa shape index (κ3) is 7.41. The van der Waals surface area contributed by atoms with Crippen molar-refractivity contribution >= 4 is 29.9 Å². The Labute approximate surface area is 186 Å². The summed E-state index contributed by atoms with van der Waals surface area (Å²) in [6.45, 7) is 14.1. The second-order valence-electron chi connectivity index (χ2n) is 8.82. The molecule has 1 heterocycles. The van der Waals surface area contributed by atoms with E-state index in [0.29, 0.717) is 18.3 Å². The van der Waals surface area contributed by atoms with Crippen LogP contribution in [-0.2, 0) is 23.8 Å². The van der Waals surface area contributed by atoms with Gasteiger partial charge in [-0.25, -0.2) is 0 Å². The van der Waals surface area contributed by atoms with Gasteiger partial charge in [0.05, 0.1) is 6.54 Å². The Kier molecular flexibility index (Phi) is 8.91. The molecule has 0 saturated heterocycles. The molecule has 0 fully saturated rings. The zero-order valence-corrected chi connectivity index (χ0v) is 20.4. The molecule has 0 atom stereocenters. The van der Waals surface area contributed by atoms with Crippen molar-refractivity contribution in [3.05, 3.63) is 47.1 Å². The number of hydrogen-bond donors (Lipinski definition) is 2. The Morgan fingerprint density at radius 1 is 1.00 bits per heavy atom. The topological polar surface area (TPSA) is 75.3 Å². The first-order valence-corrected chi connectivity index (χ1v) is 9.46. The molecule has 0 aliphatic carbocycles. The maximum absolute atomic E-state index is 5.31. The van der Waals surface area contributed by atoms with Crippen molar-refractivity contribution in [3.8, 4) is 0 Å². The predicted octanol–water partition coefficient (Wildman–Crippen LogP) is 4.19. The Hall–Kier alpha value is -1.64. The molecule has 2 rings (SSSR count). The maximum Gasteiger partial charge on any atom is 0.232 e. The van der Waals surface area contributed by atoms with Gasteiger partial charge in [-0.05, 0) is 23.0 Å². The lowest BCUT2D eigenvalue weighted by molar-refractivity contribution is 0.318. The van der Waals surface area contributed by atoms with Crippen LogP contribution in [0.4, 0.5) is 0 Å². The molecule has 1 aromatic carbocycles. The van der Waals surface area contributed by atoms with E-state index < -0.39 is 0 Å². The van der Waals surface area contributed by atoms with Crippen LogP contribution in [-0.4, -0.2) is 29.7 Å². The molecule has 0 amide bonds. The van der Waals surface area contributed by atoms with Crippen molar-refractivity contribution < 1.29 is 4.52 Å². The highest BCUT2D eigenvalue weighted by molar-refractivity contribution is 14.0. The number of halogens is 1. The lowest BCUT2D eigenvalue weighted by atomic mass is 9.86. The highest BCUT2D eigenvalue weighted by atomic mass is 127. The minimum atomic E-state index is -0.145. The predicted molar refractivity (Wildman–Crippen MR) is 125 cm³/mol. The molecule has 156 valence electrons. The van der Waals surface area contributed by atoms with Crippen LogP contribution < -0.4 is 10.6 Å². The van der Waals surface area contributed by atoms with E-state index in [0.717, 1.165) is 18.9 Å². The van der Waals surface area contributed by atoms with E-state index in [-0.39, 0.29) is 34.8 Å². The number of aliphatic imine (C=N–C) groups is 1. The molecule has 0 saturated carbocycles. The van der Waals surface area contributed by atoms with E-state index in [2.05, 4.69) is 70.8 Å². The van der Waals surface area contributed by atoms with E-state index in [1.54, 1.807) is 7.05 Å². The summed E-state index contributed by atoms with van der Waals surface area (Å²) in [5.74, 6) is 1.99. The molecule has 2 N–H and O–H groups in total. The monoisotopic (exact) mass is 499 g/mol. The van der Waals surface area contributed by atoms with E-state index in [1.807, 2.05) is 20.8 Å². The van der Waals surface area contributed by atoms with Gasteiger partial charge in [0.1, 0.15) is 0 Å². The van der Waals surface area contributed by atoms with Crippen molar-refractivity contribution in [1.29, 1.82) is 0 Å². The molecule has 0 unspecified atom stereocenters. The van der Waals surface area contributed by atoms with Crippen molar-refractivity contribution in [2.75, 3.05) is 13.6 Å². The average Bonchev–Trinajstić information content (AvgIpc) is 3.07. The van der Waals surface area contributed by atoms with Crippen molar-refractivity contribution in [2.24, 2.45) is 4.99 Å². The van der Waals surface area contributed by atoms with Crippen LogP contribution >= 0.6 is 24.0 Å². The largest absolute Gasteiger partial charge is 0.356 e. The van der Waals surface area contributed by atoms with Gasteiger partial charge in [-0.15, -0.1) is 24.0 Å². The number of rotatable bonds is 5. The molecule has 2 aromatic rings. The number of nitrogens with one attached hydrogen (secondary N) is 2. The molecule has 6 nitrogen and oxygen atoms in total. The molecule has 0 radical (unpaired) electrons. The maximum atomic E-state index is 5.31. The van der Waals surface area contributed by atoms with Gasteiger partial charge in [0, 0.05) is 19.0 Å². The van der Waals surface area contributed by atoms with Crippen LogP contribution in [0, 0.1) is 0 Å². The summed E-state index contributed by atoms with van der Waals surface area (Å²) in [5.41, 5.74) is 2.70. The van der Waals surface area contributed by atoms with Crippen LogP contribution in [0.2, 0.25) is 0 Å². The van der Waals surface area contributed by atoms with Gasteiger partial charge < -0.3 is 15.2 Å². The fraction of sp³-hybridized carbons (Fsp3) is 0.571. The van der Waals surface area contributed by atoms with Crippen LogP contribution in [0.15, 0.2) is 33.8 Å². The molecule has 1 aromatic heterocycles. The number of aromatic nitrogens is 2. The smallest absolute Gasteiger partial charge is 0.232 e. The highest BCUT2D eigenvalue weighted by Gasteiger charge is 2.21. The van der Waals surface area contributed by atoms with E-state index in [4.69, 9.17) is 4.52 Å².